The molecule has 4 heteroatoms. The van der Waals surface area contributed by atoms with Crippen LogP contribution in [0.4, 0.5) is 0 Å². The van der Waals surface area contributed by atoms with Crippen LogP contribution in [0.25, 0.3) is 0 Å². The Hall–Kier alpha value is -0.840. The van der Waals surface area contributed by atoms with Crippen molar-refractivity contribution in [3.63, 3.8) is 0 Å². The van der Waals surface area contributed by atoms with Crippen molar-refractivity contribution in [1.29, 1.82) is 0 Å². The Bertz CT molecular complexity index is 417. The van der Waals surface area contributed by atoms with Crippen LogP contribution in [0.2, 0.25) is 0 Å². The molecule has 1 atom stereocenters. The number of ketones is 1. The normalized spacial score (nSPS) is 19.9. The second-order valence-corrected chi connectivity index (χ2v) is 6.14. The number of hydrogen-bond donors (Lipinski definition) is 0. The highest BCUT2D eigenvalue weighted by atomic mass is 32.2. The molecule has 0 aliphatic carbocycles. The molecular weight excluding hydrogens is 258 g/mol. The molecule has 19 heavy (non-hydrogen) atoms. The quantitative estimate of drug-likeness (QED) is 0.826. The lowest BCUT2D eigenvalue weighted by molar-refractivity contribution is -0.123. The zero-order valence-corrected chi connectivity index (χ0v) is 12.4. The zero-order chi connectivity index (χ0) is 13.7. The van der Waals surface area contributed by atoms with Crippen molar-refractivity contribution < 1.29 is 9.53 Å². The van der Waals surface area contributed by atoms with Gasteiger partial charge in [-0.3, -0.25) is 9.69 Å². The molecule has 1 aromatic rings. The Balaban J connectivity index is 2.09. The van der Waals surface area contributed by atoms with Gasteiger partial charge in [0.2, 0.25) is 0 Å². The number of Topliss-reactive ketones (excluding diaryl/α,β-unsaturated/α-hetero) is 1. The van der Waals surface area contributed by atoms with E-state index in [0.717, 1.165) is 31.9 Å². The molecule has 3 nitrogen and oxygen atoms in total. The van der Waals surface area contributed by atoms with Crippen LogP contribution in [0.15, 0.2) is 30.3 Å². The van der Waals surface area contributed by atoms with Crippen LogP contribution in [0.1, 0.15) is 12.5 Å². The number of carbonyl (C=O) groups excluding carboxylic acids is 1. The van der Waals surface area contributed by atoms with Crippen LogP contribution in [0, 0.1) is 0 Å². The number of ether oxygens (including phenoxy) is 1. The monoisotopic (exact) mass is 279 g/mol. The van der Waals surface area contributed by atoms with E-state index in [2.05, 4.69) is 4.90 Å². The Morgan fingerprint density at radius 3 is 2.53 bits per heavy atom. The average molecular weight is 279 g/mol. The zero-order valence-electron chi connectivity index (χ0n) is 11.6. The van der Waals surface area contributed by atoms with Crippen LogP contribution in [0.3, 0.4) is 0 Å². The number of thioether (sulfide) groups is 1. The third-order valence-corrected chi connectivity index (χ3v) is 5.02. The molecule has 0 radical (unpaired) electrons. The maximum atomic E-state index is 12.7. The van der Waals surface area contributed by atoms with Gasteiger partial charge in [0.1, 0.15) is 0 Å². The summed E-state index contributed by atoms with van der Waals surface area (Å²) in [5, 5.41) is 0. The molecule has 1 fully saturated rings. The van der Waals surface area contributed by atoms with E-state index in [0.29, 0.717) is 6.54 Å². The summed E-state index contributed by atoms with van der Waals surface area (Å²) in [6.07, 6.45) is 2.00. The number of carbonyl (C=O) groups is 1. The van der Waals surface area contributed by atoms with Gasteiger partial charge >= 0.3 is 0 Å². The van der Waals surface area contributed by atoms with E-state index >= 15 is 0 Å². The molecule has 1 aromatic carbocycles. The van der Waals surface area contributed by atoms with Crippen LogP contribution >= 0.6 is 11.8 Å². The van der Waals surface area contributed by atoms with Crippen molar-refractivity contribution >= 4 is 17.5 Å². The van der Waals surface area contributed by atoms with E-state index in [1.807, 2.05) is 43.5 Å². The lowest BCUT2D eigenvalue weighted by Crippen LogP contribution is -2.44. The maximum Gasteiger partial charge on any atom is 0.166 e. The highest BCUT2D eigenvalue weighted by Crippen LogP contribution is 2.35. The molecule has 1 aliphatic rings. The van der Waals surface area contributed by atoms with Gasteiger partial charge in [0.25, 0.3) is 0 Å². The predicted octanol–water partition coefficient (Wildman–Crippen LogP) is 2.17. The van der Waals surface area contributed by atoms with E-state index in [-0.39, 0.29) is 5.78 Å². The van der Waals surface area contributed by atoms with Gasteiger partial charge in [-0.25, -0.2) is 0 Å². The lowest BCUT2D eigenvalue weighted by atomic mass is 9.95. The van der Waals surface area contributed by atoms with Crippen LogP contribution in [-0.2, 0) is 14.3 Å². The highest BCUT2D eigenvalue weighted by molar-refractivity contribution is 8.00. The molecule has 0 amide bonds. The van der Waals surface area contributed by atoms with E-state index in [1.165, 1.54) is 0 Å². The minimum absolute atomic E-state index is 0.271. The fourth-order valence-electron chi connectivity index (χ4n) is 2.26. The molecular formula is C15H21NO2S. The Morgan fingerprint density at radius 2 is 1.95 bits per heavy atom. The van der Waals surface area contributed by atoms with Gasteiger partial charge in [0.15, 0.2) is 5.78 Å². The molecule has 1 saturated heterocycles. The van der Waals surface area contributed by atoms with Gasteiger partial charge in [-0.05, 0) is 18.7 Å². The number of nitrogens with zero attached hydrogens (tertiary/aromatic N) is 1. The summed E-state index contributed by atoms with van der Waals surface area (Å²) in [6.45, 7) is 5.70. The van der Waals surface area contributed by atoms with Crippen LogP contribution in [-0.4, -0.2) is 49.8 Å². The first-order valence-electron chi connectivity index (χ1n) is 6.61. The minimum Gasteiger partial charge on any atom is -0.379 e. The molecule has 104 valence electrons. The van der Waals surface area contributed by atoms with Crippen molar-refractivity contribution in [2.75, 3.05) is 39.1 Å². The topological polar surface area (TPSA) is 29.5 Å². The van der Waals surface area contributed by atoms with Gasteiger partial charge < -0.3 is 4.74 Å². The summed E-state index contributed by atoms with van der Waals surface area (Å²) in [4.78, 5) is 14.8. The first-order chi connectivity index (χ1) is 9.16. The molecule has 0 saturated carbocycles. The van der Waals surface area contributed by atoms with Crippen molar-refractivity contribution in [1.82, 2.24) is 4.90 Å². The first-order valence-corrected chi connectivity index (χ1v) is 7.83. The second kappa shape index (κ2) is 6.55. The van der Waals surface area contributed by atoms with Gasteiger partial charge in [-0.1, -0.05) is 30.3 Å². The van der Waals surface area contributed by atoms with Gasteiger partial charge in [0, 0.05) is 13.1 Å². The fraction of sp³-hybridized carbons (Fsp3) is 0.533. The first kappa shape index (κ1) is 14.6. The highest BCUT2D eigenvalue weighted by Gasteiger charge is 2.34. The van der Waals surface area contributed by atoms with Crippen LogP contribution in [0.5, 0.6) is 0 Å². The largest absolute Gasteiger partial charge is 0.379 e. The van der Waals surface area contributed by atoms with E-state index in [9.17, 15) is 4.79 Å². The SMILES string of the molecule is CSC(C)(C(=O)CN1CCOCC1)c1ccccc1. The summed E-state index contributed by atoms with van der Waals surface area (Å²) >= 11 is 1.61. The minimum atomic E-state index is -0.459. The predicted molar refractivity (Wildman–Crippen MR) is 79.6 cm³/mol. The van der Waals surface area contributed by atoms with E-state index in [1.54, 1.807) is 11.8 Å². The van der Waals surface area contributed by atoms with Crippen molar-refractivity contribution in [3.05, 3.63) is 35.9 Å². The summed E-state index contributed by atoms with van der Waals surface area (Å²) in [6, 6.07) is 10.0. The maximum absolute atomic E-state index is 12.7. The van der Waals surface area contributed by atoms with Crippen LogP contribution < -0.4 is 0 Å². The molecule has 0 aromatic heterocycles. The lowest BCUT2D eigenvalue weighted by Gasteiger charge is -2.32. The number of benzene rings is 1. The smallest absolute Gasteiger partial charge is 0.166 e. The number of hydrogen-bond acceptors (Lipinski definition) is 4. The second-order valence-electron chi connectivity index (χ2n) is 4.92. The Labute approximate surface area is 119 Å². The third kappa shape index (κ3) is 3.38. The van der Waals surface area contributed by atoms with E-state index < -0.39 is 4.75 Å². The molecule has 0 bridgehead atoms. The Kier molecular flexibility index (Phi) is 5.02. The van der Waals surface area contributed by atoms with Gasteiger partial charge in [-0.15, -0.1) is 11.8 Å². The average Bonchev–Trinajstić information content (AvgIpc) is 2.48. The summed E-state index contributed by atoms with van der Waals surface area (Å²) in [5.41, 5.74) is 1.08. The Morgan fingerprint density at radius 1 is 1.32 bits per heavy atom. The molecule has 0 N–H and O–H groups in total. The summed E-state index contributed by atoms with van der Waals surface area (Å²) in [5.74, 6) is 0.271. The number of morpholine rings is 1. The third-order valence-electron chi connectivity index (χ3n) is 3.74. The molecule has 0 spiro atoms. The molecule has 2 rings (SSSR count). The number of rotatable bonds is 5. The fourth-order valence-corrected chi connectivity index (χ4v) is 2.93. The van der Waals surface area contributed by atoms with E-state index in [4.69, 9.17) is 4.74 Å². The van der Waals surface area contributed by atoms with Gasteiger partial charge in [0.05, 0.1) is 24.5 Å². The molecule has 1 unspecified atom stereocenters. The van der Waals surface area contributed by atoms with Gasteiger partial charge in [-0.2, -0.15) is 0 Å². The van der Waals surface area contributed by atoms with Crippen molar-refractivity contribution in [2.45, 2.75) is 11.7 Å². The van der Waals surface area contributed by atoms with Crippen molar-refractivity contribution in [3.8, 4) is 0 Å². The summed E-state index contributed by atoms with van der Waals surface area (Å²) in [7, 11) is 0. The molecule has 1 aliphatic heterocycles. The summed E-state index contributed by atoms with van der Waals surface area (Å²) < 4.78 is 4.86. The van der Waals surface area contributed by atoms with Crippen molar-refractivity contribution in [2.24, 2.45) is 0 Å². The molecule has 1 heterocycles. The standard InChI is InChI=1S/C15H21NO2S/c1-15(19-2,13-6-4-3-5-7-13)14(17)12-16-8-10-18-11-9-16/h3-7H,8-12H2,1-2H3.